The first-order chi connectivity index (χ1) is 11.3. The second-order valence-electron chi connectivity index (χ2n) is 6.56. The SMILES string of the molecule is C=C[C@H]1CN2CC[C@H]1C[C@@H]2/C(=N/O)c1ccnc2ccccc12. The van der Waals surface area contributed by atoms with E-state index in [0.29, 0.717) is 11.8 Å². The smallest absolute Gasteiger partial charge is 0.105 e. The Bertz CT molecular complexity index is 765. The van der Waals surface area contributed by atoms with Crippen LogP contribution in [0.1, 0.15) is 18.4 Å². The van der Waals surface area contributed by atoms with Crippen LogP contribution in [0.15, 0.2) is 54.3 Å². The molecule has 4 heteroatoms. The molecule has 0 saturated carbocycles. The van der Waals surface area contributed by atoms with Crippen molar-refractivity contribution >= 4 is 16.6 Å². The Kier molecular flexibility index (Phi) is 3.62. The van der Waals surface area contributed by atoms with Gasteiger partial charge in [-0.15, -0.1) is 6.58 Å². The lowest BCUT2D eigenvalue weighted by molar-refractivity contribution is 0.0475. The van der Waals surface area contributed by atoms with E-state index in [1.807, 2.05) is 30.3 Å². The molecular weight excluding hydrogens is 286 g/mol. The molecule has 5 rings (SSSR count). The third kappa shape index (κ3) is 2.34. The molecule has 2 aromatic rings. The van der Waals surface area contributed by atoms with Gasteiger partial charge in [0, 0.05) is 23.7 Å². The number of aromatic nitrogens is 1. The fourth-order valence-corrected chi connectivity index (χ4v) is 4.24. The maximum Gasteiger partial charge on any atom is 0.105 e. The van der Waals surface area contributed by atoms with E-state index < -0.39 is 0 Å². The first-order valence-electron chi connectivity index (χ1n) is 8.24. The molecule has 1 aromatic carbocycles. The Labute approximate surface area is 136 Å². The molecule has 0 amide bonds. The fourth-order valence-electron chi connectivity index (χ4n) is 4.24. The number of benzene rings is 1. The molecule has 0 spiro atoms. The second-order valence-corrected chi connectivity index (χ2v) is 6.56. The summed E-state index contributed by atoms with van der Waals surface area (Å²) in [7, 11) is 0. The van der Waals surface area contributed by atoms with E-state index in [9.17, 15) is 5.21 Å². The highest BCUT2D eigenvalue weighted by atomic mass is 16.4. The molecule has 3 aliphatic heterocycles. The van der Waals surface area contributed by atoms with Crippen molar-refractivity contribution in [2.75, 3.05) is 13.1 Å². The van der Waals surface area contributed by atoms with Crippen LogP contribution in [0.2, 0.25) is 0 Å². The summed E-state index contributed by atoms with van der Waals surface area (Å²) in [5, 5.41) is 14.5. The zero-order chi connectivity index (χ0) is 15.8. The highest BCUT2D eigenvalue weighted by Gasteiger charge is 2.41. The predicted octanol–water partition coefficient (Wildman–Crippen LogP) is 3.31. The first kappa shape index (κ1) is 14.4. The van der Waals surface area contributed by atoms with E-state index in [4.69, 9.17) is 0 Å². The van der Waals surface area contributed by atoms with Crippen molar-refractivity contribution < 1.29 is 5.21 Å². The normalized spacial score (nSPS) is 30.5. The molecule has 1 aromatic heterocycles. The fraction of sp³-hybridized carbons (Fsp3) is 0.368. The Morgan fingerprint density at radius 2 is 2.22 bits per heavy atom. The topological polar surface area (TPSA) is 48.7 Å². The van der Waals surface area contributed by atoms with E-state index in [-0.39, 0.29) is 6.04 Å². The predicted molar refractivity (Wildman–Crippen MR) is 91.8 cm³/mol. The summed E-state index contributed by atoms with van der Waals surface area (Å²) < 4.78 is 0. The number of piperidine rings is 3. The molecule has 3 aliphatic rings. The van der Waals surface area contributed by atoms with Gasteiger partial charge in [0.15, 0.2) is 0 Å². The average Bonchev–Trinajstić information content (AvgIpc) is 2.63. The Balaban J connectivity index is 1.74. The van der Waals surface area contributed by atoms with Crippen molar-refractivity contribution in [1.82, 2.24) is 9.88 Å². The molecule has 23 heavy (non-hydrogen) atoms. The summed E-state index contributed by atoms with van der Waals surface area (Å²) in [4.78, 5) is 6.85. The van der Waals surface area contributed by atoms with Crippen LogP contribution in [0.3, 0.4) is 0 Å². The van der Waals surface area contributed by atoms with Crippen molar-refractivity contribution in [1.29, 1.82) is 0 Å². The molecule has 0 aliphatic carbocycles. The molecule has 3 fully saturated rings. The zero-order valence-electron chi connectivity index (χ0n) is 13.1. The van der Waals surface area contributed by atoms with Gasteiger partial charge >= 0.3 is 0 Å². The van der Waals surface area contributed by atoms with Crippen LogP contribution in [-0.4, -0.2) is 39.9 Å². The largest absolute Gasteiger partial charge is 0.411 e. The third-order valence-corrected chi connectivity index (χ3v) is 5.46. The minimum absolute atomic E-state index is 0.181. The summed E-state index contributed by atoms with van der Waals surface area (Å²) >= 11 is 0. The minimum Gasteiger partial charge on any atom is -0.411 e. The van der Waals surface area contributed by atoms with Crippen molar-refractivity contribution in [3.05, 3.63) is 54.7 Å². The average molecular weight is 307 g/mol. The van der Waals surface area contributed by atoms with Gasteiger partial charge in [-0.1, -0.05) is 29.4 Å². The lowest BCUT2D eigenvalue weighted by Crippen LogP contribution is -2.56. The van der Waals surface area contributed by atoms with E-state index in [1.54, 1.807) is 6.20 Å². The van der Waals surface area contributed by atoms with Gasteiger partial charge < -0.3 is 5.21 Å². The number of hydrogen-bond acceptors (Lipinski definition) is 4. The summed E-state index contributed by atoms with van der Waals surface area (Å²) in [6, 6.07) is 10.2. The summed E-state index contributed by atoms with van der Waals surface area (Å²) in [6.45, 7) is 6.06. The lowest BCUT2D eigenvalue weighted by atomic mass is 9.74. The van der Waals surface area contributed by atoms with E-state index >= 15 is 0 Å². The van der Waals surface area contributed by atoms with Gasteiger partial charge in [0.1, 0.15) is 5.71 Å². The maximum atomic E-state index is 9.76. The lowest BCUT2D eigenvalue weighted by Gasteiger charge is -2.49. The molecule has 4 nitrogen and oxygen atoms in total. The zero-order valence-corrected chi connectivity index (χ0v) is 13.1. The number of hydrogen-bond donors (Lipinski definition) is 1. The van der Waals surface area contributed by atoms with Gasteiger partial charge in [0.25, 0.3) is 0 Å². The summed E-state index contributed by atoms with van der Waals surface area (Å²) in [6.07, 6.45) is 6.13. The first-order valence-corrected chi connectivity index (χ1v) is 8.24. The van der Waals surface area contributed by atoms with E-state index in [2.05, 4.69) is 27.7 Å². The Morgan fingerprint density at radius 3 is 2.96 bits per heavy atom. The summed E-state index contributed by atoms with van der Waals surface area (Å²) in [5.74, 6) is 1.21. The van der Waals surface area contributed by atoms with Crippen LogP contribution >= 0.6 is 0 Å². The minimum atomic E-state index is 0.181. The molecule has 4 atom stereocenters. The summed E-state index contributed by atoms with van der Waals surface area (Å²) in [5.41, 5.74) is 2.70. The van der Waals surface area contributed by atoms with Crippen molar-refractivity contribution in [2.24, 2.45) is 17.0 Å². The number of fused-ring (bicyclic) bond motifs is 4. The molecule has 1 unspecified atom stereocenters. The van der Waals surface area contributed by atoms with E-state index in [1.165, 1.54) is 6.42 Å². The number of rotatable bonds is 3. The van der Waals surface area contributed by atoms with E-state index in [0.717, 1.165) is 41.7 Å². The van der Waals surface area contributed by atoms with Gasteiger partial charge in [-0.3, -0.25) is 9.88 Å². The molecule has 1 N–H and O–H groups in total. The molecule has 118 valence electrons. The van der Waals surface area contributed by atoms with Crippen LogP contribution < -0.4 is 0 Å². The number of oxime groups is 1. The van der Waals surface area contributed by atoms with Crippen LogP contribution in [0.5, 0.6) is 0 Å². The van der Waals surface area contributed by atoms with Crippen LogP contribution in [-0.2, 0) is 0 Å². The molecular formula is C19H21N3O. The molecule has 4 heterocycles. The van der Waals surface area contributed by atoms with Gasteiger partial charge in [-0.05, 0) is 43.4 Å². The van der Waals surface area contributed by atoms with Gasteiger partial charge in [-0.25, -0.2) is 0 Å². The highest BCUT2D eigenvalue weighted by molar-refractivity contribution is 6.12. The van der Waals surface area contributed by atoms with Crippen molar-refractivity contribution in [3.8, 4) is 0 Å². The highest BCUT2D eigenvalue weighted by Crippen LogP contribution is 2.38. The van der Waals surface area contributed by atoms with Crippen LogP contribution in [0.25, 0.3) is 10.9 Å². The van der Waals surface area contributed by atoms with Crippen LogP contribution in [0.4, 0.5) is 0 Å². The van der Waals surface area contributed by atoms with Gasteiger partial charge in [0.05, 0.1) is 11.6 Å². The number of para-hydroxylation sites is 1. The molecule has 3 saturated heterocycles. The van der Waals surface area contributed by atoms with Gasteiger partial charge in [0.2, 0.25) is 0 Å². The Hall–Kier alpha value is -2.20. The quantitative estimate of drug-likeness (QED) is 0.409. The maximum absolute atomic E-state index is 9.76. The Morgan fingerprint density at radius 1 is 1.35 bits per heavy atom. The number of pyridine rings is 1. The third-order valence-electron chi connectivity index (χ3n) is 5.46. The standard InChI is InChI=1S/C19H21N3O/c1-2-13-12-22-10-8-14(13)11-18(22)19(21-23)16-7-9-20-17-6-4-3-5-15(16)17/h2-7,9,13-14,18,23H,1,8,10-12H2/b21-19+/t13-,14-,18+/m0/s1. The monoisotopic (exact) mass is 307 g/mol. The van der Waals surface area contributed by atoms with Gasteiger partial charge in [-0.2, -0.15) is 0 Å². The second kappa shape index (κ2) is 5.78. The molecule has 2 bridgehead atoms. The van der Waals surface area contributed by atoms with Crippen LogP contribution in [0, 0.1) is 11.8 Å². The number of nitrogens with zero attached hydrogens (tertiary/aromatic N) is 3. The van der Waals surface area contributed by atoms with Crippen molar-refractivity contribution in [2.45, 2.75) is 18.9 Å². The molecule has 0 radical (unpaired) electrons. The van der Waals surface area contributed by atoms with Crippen molar-refractivity contribution in [3.63, 3.8) is 0 Å².